The summed E-state index contributed by atoms with van der Waals surface area (Å²) in [5.41, 5.74) is 3.33. The summed E-state index contributed by atoms with van der Waals surface area (Å²) in [6, 6.07) is 18.4. The highest BCUT2D eigenvalue weighted by Gasteiger charge is 1.94. The van der Waals surface area contributed by atoms with Crippen LogP contribution in [0.5, 0.6) is 0 Å². The smallest absolute Gasteiger partial charge is 0.185 e. The van der Waals surface area contributed by atoms with Gasteiger partial charge in [-0.05, 0) is 36.2 Å². The topological polar surface area (TPSA) is 29.1 Å². The van der Waals surface area contributed by atoms with Crippen LogP contribution in [0.3, 0.4) is 0 Å². The number of benzene rings is 2. The van der Waals surface area contributed by atoms with Gasteiger partial charge in [-0.25, -0.2) is 0 Å². The molecule has 2 rings (SSSR count). The van der Waals surface area contributed by atoms with Gasteiger partial charge in [0.15, 0.2) is 5.12 Å². The minimum Gasteiger partial charge on any atom is -0.356 e. The van der Waals surface area contributed by atoms with Gasteiger partial charge in [0.25, 0.3) is 0 Å². The van der Waals surface area contributed by atoms with Crippen LogP contribution < -0.4 is 5.32 Å². The van der Waals surface area contributed by atoms with Gasteiger partial charge in [0.2, 0.25) is 0 Å². The molecule has 0 bridgehead atoms. The normalized spacial score (nSPS) is 10.7. The third kappa shape index (κ3) is 5.88. The number of para-hydroxylation sites is 1. The summed E-state index contributed by atoms with van der Waals surface area (Å²) in [5.74, 6) is 0.847. The monoisotopic (exact) mass is 297 g/mol. The predicted molar refractivity (Wildman–Crippen MR) is 93.0 cm³/mol. The highest BCUT2D eigenvalue weighted by molar-refractivity contribution is 8.13. The summed E-state index contributed by atoms with van der Waals surface area (Å²) >= 11 is 1.37. The Bertz CT molecular complexity index is 590. The summed E-state index contributed by atoms with van der Waals surface area (Å²) in [4.78, 5) is 10.8. The van der Waals surface area contributed by atoms with E-state index in [-0.39, 0.29) is 5.12 Å². The molecule has 0 amide bonds. The Hall–Kier alpha value is -2.00. The van der Waals surface area contributed by atoms with Crippen LogP contribution in [0.2, 0.25) is 0 Å². The minimum atomic E-state index is 0.180. The number of thioether (sulfide) groups is 1. The largest absolute Gasteiger partial charge is 0.356 e. The fraction of sp³-hybridized carbons (Fsp3) is 0.167. The van der Waals surface area contributed by atoms with E-state index in [9.17, 15) is 4.79 Å². The maximum Gasteiger partial charge on any atom is 0.185 e. The molecule has 0 saturated heterocycles. The molecule has 3 heteroatoms. The van der Waals surface area contributed by atoms with Crippen molar-refractivity contribution in [3.63, 3.8) is 0 Å². The van der Waals surface area contributed by atoms with E-state index in [1.165, 1.54) is 17.3 Å². The second-order valence-electron chi connectivity index (χ2n) is 4.64. The number of hydrogen-bond donors (Lipinski definition) is 1. The summed E-state index contributed by atoms with van der Waals surface area (Å²) in [6.45, 7) is 1.60. The second-order valence-corrected chi connectivity index (χ2v) is 5.92. The van der Waals surface area contributed by atoms with Crippen molar-refractivity contribution in [1.82, 2.24) is 0 Å². The van der Waals surface area contributed by atoms with Gasteiger partial charge in [0, 0.05) is 24.1 Å². The van der Waals surface area contributed by atoms with Crippen LogP contribution in [0.15, 0.2) is 60.7 Å². The van der Waals surface area contributed by atoms with Crippen molar-refractivity contribution in [2.24, 2.45) is 0 Å². The van der Waals surface area contributed by atoms with Crippen LogP contribution in [0.25, 0.3) is 6.08 Å². The molecule has 0 unspecified atom stereocenters. The highest BCUT2D eigenvalue weighted by Crippen LogP contribution is 2.17. The van der Waals surface area contributed by atoms with Crippen molar-refractivity contribution in [3.8, 4) is 0 Å². The van der Waals surface area contributed by atoms with Crippen molar-refractivity contribution >= 4 is 34.3 Å². The summed E-state index contributed by atoms with van der Waals surface area (Å²) in [7, 11) is 0. The molecule has 0 fully saturated rings. The second kappa shape index (κ2) is 8.32. The SMILES string of the molecule is CC(=O)SCCC=Cc1ccc(Nc2ccccc2)cc1. The van der Waals surface area contributed by atoms with Crippen molar-refractivity contribution in [2.75, 3.05) is 11.1 Å². The first-order valence-electron chi connectivity index (χ1n) is 6.96. The van der Waals surface area contributed by atoms with E-state index < -0.39 is 0 Å². The molecule has 0 aliphatic rings. The molecule has 2 nitrogen and oxygen atoms in total. The van der Waals surface area contributed by atoms with Gasteiger partial charge >= 0.3 is 0 Å². The Morgan fingerprint density at radius 3 is 2.38 bits per heavy atom. The first kappa shape index (κ1) is 15.4. The summed E-state index contributed by atoms with van der Waals surface area (Å²) in [5, 5.41) is 3.54. The lowest BCUT2D eigenvalue weighted by Crippen LogP contribution is -1.89. The van der Waals surface area contributed by atoms with Crippen LogP contribution in [0.1, 0.15) is 18.9 Å². The number of carbonyl (C=O) groups is 1. The van der Waals surface area contributed by atoms with Gasteiger partial charge in [-0.1, -0.05) is 54.2 Å². The van der Waals surface area contributed by atoms with Gasteiger partial charge in [-0.15, -0.1) is 0 Å². The minimum absolute atomic E-state index is 0.180. The average molecular weight is 297 g/mol. The predicted octanol–water partition coefficient (Wildman–Crippen LogP) is 5.11. The molecule has 0 aliphatic heterocycles. The molecule has 1 N–H and O–H groups in total. The van der Waals surface area contributed by atoms with Gasteiger partial charge < -0.3 is 5.32 Å². The molecule has 21 heavy (non-hydrogen) atoms. The molecular formula is C18H19NOS. The third-order valence-corrected chi connectivity index (χ3v) is 3.72. The molecular weight excluding hydrogens is 278 g/mol. The molecule has 2 aromatic carbocycles. The maximum absolute atomic E-state index is 10.8. The van der Waals surface area contributed by atoms with Crippen molar-refractivity contribution in [2.45, 2.75) is 13.3 Å². The standard InChI is InChI=1S/C18H19NOS/c1-15(20)21-14-6-5-7-16-10-12-18(13-11-16)19-17-8-3-2-4-9-17/h2-5,7-13,19H,6,14H2,1H3. The molecule has 0 spiro atoms. The molecule has 108 valence electrons. The van der Waals surface area contributed by atoms with Crippen LogP contribution in [0, 0.1) is 0 Å². The Labute approximate surface area is 130 Å². The Balaban J connectivity index is 1.84. The van der Waals surface area contributed by atoms with Gasteiger partial charge in [-0.2, -0.15) is 0 Å². The van der Waals surface area contributed by atoms with E-state index in [2.05, 4.69) is 41.7 Å². The quantitative estimate of drug-likeness (QED) is 0.751. The van der Waals surface area contributed by atoms with E-state index in [4.69, 9.17) is 0 Å². The molecule has 0 radical (unpaired) electrons. The van der Waals surface area contributed by atoms with Gasteiger partial charge in [0.05, 0.1) is 0 Å². The molecule has 0 aromatic heterocycles. The molecule has 0 atom stereocenters. The van der Waals surface area contributed by atoms with Crippen LogP contribution in [-0.2, 0) is 4.79 Å². The molecule has 0 saturated carbocycles. The molecule has 0 aliphatic carbocycles. The van der Waals surface area contributed by atoms with Crippen molar-refractivity contribution in [1.29, 1.82) is 0 Å². The molecule has 2 aromatic rings. The number of hydrogen-bond acceptors (Lipinski definition) is 3. The summed E-state index contributed by atoms with van der Waals surface area (Å²) < 4.78 is 0. The Morgan fingerprint density at radius 2 is 1.71 bits per heavy atom. The van der Waals surface area contributed by atoms with E-state index >= 15 is 0 Å². The zero-order valence-corrected chi connectivity index (χ0v) is 12.9. The van der Waals surface area contributed by atoms with Gasteiger partial charge in [0.1, 0.15) is 0 Å². The fourth-order valence-corrected chi connectivity index (χ4v) is 2.40. The Morgan fingerprint density at radius 1 is 1.05 bits per heavy atom. The maximum atomic E-state index is 10.8. The number of anilines is 2. The number of allylic oxidation sites excluding steroid dienone is 1. The number of nitrogens with one attached hydrogen (secondary N) is 1. The van der Waals surface area contributed by atoms with E-state index in [0.717, 1.165) is 23.5 Å². The van der Waals surface area contributed by atoms with E-state index in [1.54, 1.807) is 6.92 Å². The van der Waals surface area contributed by atoms with Crippen LogP contribution >= 0.6 is 11.8 Å². The first-order chi connectivity index (χ1) is 10.2. The van der Waals surface area contributed by atoms with Gasteiger partial charge in [-0.3, -0.25) is 4.79 Å². The highest BCUT2D eigenvalue weighted by atomic mass is 32.2. The first-order valence-corrected chi connectivity index (χ1v) is 7.94. The van der Waals surface area contributed by atoms with Crippen molar-refractivity contribution < 1.29 is 4.79 Å². The summed E-state index contributed by atoms with van der Waals surface area (Å²) in [6.07, 6.45) is 5.11. The van der Waals surface area contributed by atoms with E-state index in [0.29, 0.717) is 0 Å². The van der Waals surface area contributed by atoms with Crippen molar-refractivity contribution in [3.05, 3.63) is 66.2 Å². The lowest BCUT2D eigenvalue weighted by molar-refractivity contribution is -0.109. The van der Waals surface area contributed by atoms with E-state index in [1.807, 2.05) is 30.3 Å². The third-order valence-electron chi connectivity index (χ3n) is 2.87. The lowest BCUT2D eigenvalue weighted by Gasteiger charge is -2.06. The average Bonchev–Trinajstić information content (AvgIpc) is 2.49. The lowest BCUT2D eigenvalue weighted by atomic mass is 10.2. The zero-order valence-electron chi connectivity index (χ0n) is 12.1. The van der Waals surface area contributed by atoms with Crippen LogP contribution in [-0.4, -0.2) is 10.9 Å². The number of rotatable bonds is 6. The molecule has 0 heterocycles. The zero-order chi connectivity index (χ0) is 14.9. The fourth-order valence-electron chi connectivity index (χ4n) is 1.86. The Kier molecular flexibility index (Phi) is 6.10. The number of carbonyl (C=O) groups excluding carboxylic acids is 1. The van der Waals surface area contributed by atoms with Crippen LogP contribution in [0.4, 0.5) is 11.4 Å².